The molecular weight excluding hydrogens is 357 g/mol. The molecule has 2 aromatic rings. The van der Waals surface area contributed by atoms with Crippen molar-refractivity contribution in [2.75, 3.05) is 26.2 Å². The Kier molecular flexibility index (Phi) is 6.01. The Morgan fingerprint density at radius 1 is 1.11 bits per heavy atom. The number of nitrogens with zero attached hydrogens (tertiary/aromatic N) is 2. The van der Waals surface area contributed by atoms with Crippen molar-refractivity contribution in [3.05, 3.63) is 65.0 Å². The number of aryl methyl sites for hydroxylation is 1. The van der Waals surface area contributed by atoms with Gasteiger partial charge >= 0.3 is 6.61 Å². The summed E-state index contributed by atoms with van der Waals surface area (Å²) in [5.41, 5.74) is 1.52. The molecule has 0 unspecified atom stereocenters. The van der Waals surface area contributed by atoms with Gasteiger partial charge in [0.05, 0.1) is 0 Å². The first-order chi connectivity index (χ1) is 12.9. The molecule has 0 N–H and O–H groups in total. The second-order valence-corrected chi connectivity index (χ2v) is 6.52. The van der Waals surface area contributed by atoms with E-state index in [0.717, 1.165) is 0 Å². The van der Waals surface area contributed by atoms with Gasteiger partial charge in [-0.3, -0.25) is 9.69 Å². The molecule has 0 saturated carbocycles. The van der Waals surface area contributed by atoms with Crippen LogP contribution in [-0.4, -0.2) is 48.5 Å². The molecule has 0 spiro atoms. The van der Waals surface area contributed by atoms with Gasteiger partial charge in [-0.15, -0.1) is 0 Å². The lowest BCUT2D eigenvalue weighted by molar-refractivity contribution is -0.0508. The summed E-state index contributed by atoms with van der Waals surface area (Å²) in [4.78, 5) is 16.3. The van der Waals surface area contributed by atoms with E-state index in [-0.39, 0.29) is 11.7 Å². The van der Waals surface area contributed by atoms with Crippen LogP contribution in [0.5, 0.6) is 5.75 Å². The smallest absolute Gasteiger partial charge is 0.387 e. The van der Waals surface area contributed by atoms with Gasteiger partial charge < -0.3 is 9.64 Å². The molecule has 27 heavy (non-hydrogen) atoms. The van der Waals surface area contributed by atoms with E-state index in [4.69, 9.17) is 0 Å². The van der Waals surface area contributed by atoms with Crippen LogP contribution in [-0.2, 0) is 6.54 Å². The van der Waals surface area contributed by atoms with Crippen molar-refractivity contribution < 1.29 is 22.7 Å². The zero-order valence-electron chi connectivity index (χ0n) is 15.0. The molecule has 0 aliphatic carbocycles. The Balaban J connectivity index is 1.59. The van der Waals surface area contributed by atoms with Crippen molar-refractivity contribution in [1.82, 2.24) is 9.80 Å². The molecule has 3 rings (SSSR count). The largest absolute Gasteiger partial charge is 0.434 e. The first kappa shape index (κ1) is 19.2. The van der Waals surface area contributed by atoms with Crippen molar-refractivity contribution in [3.8, 4) is 5.75 Å². The first-order valence-corrected chi connectivity index (χ1v) is 8.74. The number of carbonyl (C=O) groups is 1. The zero-order chi connectivity index (χ0) is 19.4. The molecule has 0 aromatic heterocycles. The van der Waals surface area contributed by atoms with Crippen LogP contribution in [0.2, 0.25) is 0 Å². The van der Waals surface area contributed by atoms with E-state index in [9.17, 15) is 18.0 Å². The molecule has 1 amide bonds. The molecule has 7 heteroatoms. The van der Waals surface area contributed by atoms with Gasteiger partial charge in [-0.05, 0) is 30.7 Å². The standard InChI is InChI=1S/C20H21F3N2O2/c1-14-6-7-15(12-17(14)21)19(26)25-10-8-24(9-11-25)13-16-4-2-3-5-18(16)27-20(22)23/h2-7,12,20H,8-11,13H2,1H3. The van der Waals surface area contributed by atoms with E-state index in [0.29, 0.717) is 49.4 Å². The quantitative estimate of drug-likeness (QED) is 0.796. The highest BCUT2D eigenvalue weighted by Crippen LogP contribution is 2.22. The fourth-order valence-corrected chi connectivity index (χ4v) is 3.10. The lowest BCUT2D eigenvalue weighted by atomic mass is 10.1. The number of hydrogen-bond acceptors (Lipinski definition) is 3. The molecule has 1 fully saturated rings. The molecule has 1 saturated heterocycles. The van der Waals surface area contributed by atoms with Crippen LogP contribution in [0.4, 0.5) is 13.2 Å². The molecule has 0 bridgehead atoms. The van der Waals surface area contributed by atoms with Crippen LogP contribution in [0.15, 0.2) is 42.5 Å². The monoisotopic (exact) mass is 378 g/mol. The number of para-hydroxylation sites is 1. The van der Waals surface area contributed by atoms with Gasteiger partial charge in [0, 0.05) is 43.9 Å². The van der Waals surface area contributed by atoms with Gasteiger partial charge in [0.1, 0.15) is 11.6 Å². The summed E-state index contributed by atoms with van der Waals surface area (Å²) < 4.78 is 43.3. The molecule has 4 nitrogen and oxygen atoms in total. The number of carbonyl (C=O) groups excluding carboxylic acids is 1. The molecule has 1 aliphatic heterocycles. The third-order valence-electron chi connectivity index (χ3n) is 4.66. The Hall–Kier alpha value is -2.54. The lowest BCUT2D eigenvalue weighted by Gasteiger charge is -2.35. The number of hydrogen-bond donors (Lipinski definition) is 0. The van der Waals surface area contributed by atoms with Gasteiger partial charge in [0.2, 0.25) is 0 Å². The maximum atomic E-state index is 13.7. The molecule has 0 radical (unpaired) electrons. The third kappa shape index (κ3) is 4.80. The van der Waals surface area contributed by atoms with E-state index >= 15 is 0 Å². The van der Waals surface area contributed by atoms with E-state index in [1.165, 1.54) is 12.1 Å². The second-order valence-electron chi connectivity index (χ2n) is 6.52. The highest BCUT2D eigenvalue weighted by molar-refractivity contribution is 5.94. The SMILES string of the molecule is Cc1ccc(C(=O)N2CCN(Cc3ccccc3OC(F)F)CC2)cc1F. The number of benzene rings is 2. The minimum Gasteiger partial charge on any atom is -0.434 e. The Morgan fingerprint density at radius 2 is 1.81 bits per heavy atom. The third-order valence-corrected chi connectivity index (χ3v) is 4.66. The van der Waals surface area contributed by atoms with Crippen LogP contribution in [0.25, 0.3) is 0 Å². The second kappa shape index (κ2) is 8.43. The van der Waals surface area contributed by atoms with E-state index in [1.54, 1.807) is 42.2 Å². The summed E-state index contributed by atoms with van der Waals surface area (Å²) in [5.74, 6) is -0.425. The fraction of sp³-hybridized carbons (Fsp3) is 0.350. The minimum absolute atomic E-state index is 0.168. The molecule has 2 aromatic carbocycles. The van der Waals surface area contributed by atoms with Crippen molar-refractivity contribution >= 4 is 5.91 Å². The van der Waals surface area contributed by atoms with Crippen molar-refractivity contribution in [3.63, 3.8) is 0 Å². The summed E-state index contributed by atoms with van der Waals surface area (Å²) >= 11 is 0. The fourth-order valence-electron chi connectivity index (χ4n) is 3.10. The number of alkyl halides is 2. The van der Waals surface area contributed by atoms with E-state index in [1.807, 2.05) is 0 Å². The zero-order valence-corrected chi connectivity index (χ0v) is 15.0. The average molecular weight is 378 g/mol. The number of ether oxygens (including phenoxy) is 1. The molecule has 0 atom stereocenters. The predicted molar refractivity (Wildman–Crippen MR) is 95.4 cm³/mol. The number of amides is 1. The van der Waals surface area contributed by atoms with Crippen LogP contribution < -0.4 is 4.74 Å². The van der Waals surface area contributed by atoms with Crippen LogP contribution in [0, 0.1) is 12.7 Å². The van der Waals surface area contributed by atoms with Gasteiger partial charge in [-0.25, -0.2) is 4.39 Å². The van der Waals surface area contributed by atoms with Crippen molar-refractivity contribution in [1.29, 1.82) is 0 Å². The normalized spacial score (nSPS) is 15.2. The van der Waals surface area contributed by atoms with Crippen LogP contribution >= 0.6 is 0 Å². The van der Waals surface area contributed by atoms with Crippen LogP contribution in [0.3, 0.4) is 0 Å². The Bertz CT molecular complexity index is 806. The number of halogens is 3. The molecular formula is C20H21F3N2O2. The summed E-state index contributed by atoms with van der Waals surface area (Å²) in [7, 11) is 0. The topological polar surface area (TPSA) is 32.8 Å². The van der Waals surface area contributed by atoms with Gasteiger partial charge in [0.25, 0.3) is 5.91 Å². The first-order valence-electron chi connectivity index (χ1n) is 8.74. The Morgan fingerprint density at radius 3 is 2.48 bits per heavy atom. The molecule has 1 aliphatic rings. The summed E-state index contributed by atoms with van der Waals surface area (Å²) in [6, 6.07) is 11.2. The highest BCUT2D eigenvalue weighted by Gasteiger charge is 2.23. The van der Waals surface area contributed by atoms with Gasteiger partial charge in [-0.1, -0.05) is 24.3 Å². The van der Waals surface area contributed by atoms with Crippen molar-refractivity contribution in [2.45, 2.75) is 20.1 Å². The predicted octanol–water partition coefficient (Wildman–Crippen LogP) is 3.69. The molecule has 1 heterocycles. The number of piperazine rings is 1. The average Bonchev–Trinajstić information content (AvgIpc) is 2.65. The summed E-state index contributed by atoms with van der Waals surface area (Å²) in [6.07, 6.45) is 0. The summed E-state index contributed by atoms with van der Waals surface area (Å²) in [5, 5.41) is 0. The van der Waals surface area contributed by atoms with Crippen molar-refractivity contribution in [2.24, 2.45) is 0 Å². The molecule has 144 valence electrons. The van der Waals surface area contributed by atoms with E-state index < -0.39 is 12.4 Å². The maximum absolute atomic E-state index is 13.7. The summed E-state index contributed by atoms with van der Waals surface area (Å²) in [6.45, 7) is 1.43. The van der Waals surface area contributed by atoms with Gasteiger partial charge in [0.15, 0.2) is 0 Å². The maximum Gasteiger partial charge on any atom is 0.387 e. The minimum atomic E-state index is -2.87. The van der Waals surface area contributed by atoms with E-state index in [2.05, 4.69) is 9.64 Å². The van der Waals surface area contributed by atoms with Gasteiger partial charge in [-0.2, -0.15) is 8.78 Å². The highest BCUT2D eigenvalue weighted by atomic mass is 19.3. The number of rotatable bonds is 5. The lowest BCUT2D eigenvalue weighted by Crippen LogP contribution is -2.48. The Labute approximate surface area is 156 Å². The van der Waals surface area contributed by atoms with Crippen LogP contribution in [0.1, 0.15) is 21.5 Å².